The third kappa shape index (κ3) is 8.86. The average Bonchev–Trinajstić information content (AvgIpc) is 2.56. The number of nitrogens with zero attached hydrogens (tertiary/aromatic N) is 1. The Morgan fingerprint density at radius 2 is 1.89 bits per heavy atom. The summed E-state index contributed by atoms with van der Waals surface area (Å²) in [7, 11) is 0. The molecule has 0 aliphatic heterocycles. The van der Waals surface area contributed by atoms with Crippen LogP contribution in [0.4, 0.5) is 4.79 Å². The van der Waals surface area contributed by atoms with Gasteiger partial charge in [-0.25, -0.2) is 4.79 Å². The van der Waals surface area contributed by atoms with Gasteiger partial charge in [0, 0.05) is 12.1 Å². The lowest BCUT2D eigenvalue weighted by molar-refractivity contribution is -0.127. The van der Waals surface area contributed by atoms with E-state index in [1.807, 2.05) is 32.0 Å². The van der Waals surface area contributed by atoms with E-state index in [2.05, 4.69) is 15.6 Å². The number of carbonyl (C=O) groups is 2. The van der Waals surface area contributed by atoms with Crippen molar-refractivity contribution in [3.8, 4) is 0 Å². The number of hydrogen-bond donors (Lipinski definition) is 3. The second-order valence-corrected chi connectivity index (χ2v) is 8.13. The molecule has 3 atom stereocenters. The molecule has 0 saturated heterocycles. The zero-order chi connectivity index (χ0) is 20.6. The van der Waals surface area contributed by atoms with Crippen LogP contribution in [0.1, 0.15) is 53.7 Å². The van der Waals surface area contributed by atoms with Gasteiger partial charge >= 0.3 is 6.09 Å². The van der Waals surface area contributed by atoms with Crippen LogP contribution in [-0.4, -0.2) is 39.8 Å². The molecule has 0 fully saturated rings. The molecule has 3 N–H and O–H groups in total. The van der Waals surface area contributed by atoms with Crippen molar-refractivity contribution in [1.82, 2.24) is 15.6 Å². The van der Waals surface area contributed by atoms with Crippen LogP contribution in [-0.2, 0) is 16.1 Å². The van der Waals surface area contributed by atoms with Crippen molar-refractivity contribution in [3.05, 3.63) is 30.1 Å². The molecule has 7 heteroatoms. The molecule has 0 aliphatic carbocycles. The largest absolute Gasteiger partial charge is 0.444 e. The van der Waals surface area contributed by atoms with Gasteiger partial charge in [0.25, 0.3) is 0 Å². The smallest absolute Gasteiger partial charge is 0.407 e. The normalized spacial score (nSPS) is 15.0. The fraction of sp³-hybridized carbons (Fsp3) is 0.650. The van der Waals surface area contributed by atoms with Crippen molar-refractivity contribution < 1.29 is 19.4 Å². The summed E-state index contributed by atoms with van der Waals surface area (Å²) in [6.07, 6.45) is 0.456. The lowest BCUT2D eigenvalue weighted by Gasteiger charge is -2.27. The number of ether oxygens (including phenoxy) is 1. The SMILES string of the molecule is CC(C)[C@H](C[C@H](O)[C@H](C)NC(=O)OC(C)(C)C)C(=O)NCc1ccccn1. The minimum absolute atomic E-state index is 0.0390. The van der Waals surface area contributed by atoms with E-state index in [0.717, 1.165) is 5.69 Å². The van der Waals surface area contributed by atoms with Gasteiger partial charge in [-0.15, -0.1) is 0 Å². The molecular formula is C20H33N3O4. The number of rotatable bonds is 8. The second-order valence-electron chi connectivity index (χ2n) is 8.13. The predicted octanol–water partition coefficient (Wildman–Crippen LogP) is 2.63. The lowest BCUT2D eigenvalue weighted by atomic mass is 9.87. The van der Waals surface area contributed by atoms with Gasteiger partial charge in [0.15, 0.2) is 0 Å². The highest BCUT2D eigenvalue weighted by Crippen LogP contribution is 2.19. The zero-order valence-corrected chi connectivity index (χ0v) is 17.2. The van der Waals surface area contributed by atoms with Crippen molar-refractivity contribution in [2.24, 2.45) is 11.8 Å². The van der Waals surface area contributed by atoms with E-state index in [-0.39, 0.29) is 24.2 Å². The molecule has 7 nitrogen and oxygen atoms in total. The van der Waals surface area contributed by atoms with Crippen molar-refractivity contribution >= 4 is 12.0 Å². The summed E-state index contributed by atoms with van der Waals surface area (Å²) in [6.45, 7) is 11.2. The van der Waals surface area contributed by atoms with Crippen LogP contribution in [0.3, 0.4) is 0 Å². The zero-order valence-electron chi connectivity index (χ0n) is 17.2. The molecule has 1 aromatic rings. The molecule has 0 aromatic carbocycles. The summed E-state index contributed by atoms with van der Waals surface area (Å²) >= 11 is 0. The van der Waals surface area contributed by atoms with Crippen molar-refractivity contribution in [2.45, 2.75) is 72.3 Å². The minimum Gasteiger partial charge on any atom is -0.444 e. The maximum Gasteiger partial charge on any atom is 0.407 e. The van der Waals surface area contributed by atoms with Gasteiger partial charge in [-0.05, 0) is 52.2 Å². The monoisotopic (exact) mass is 379 g/mol. The van der Waals surface area contributed by atoms with Crippen LogP contribution in [0.2, 0.25) is 0 Å². The Balaban J connectivity index is 2.58. The molecule has 0 radical (unpaired) electrons. The van der Waals surface area contributed by atoms with E-state index >= 15 is 0 Å². The summed E-state index contributed by atoms with van der Waals surface area (Å²) in [5, 5.41) is 16.0. The Kier molecular flexibility index (Phi) is 8.69. The number of alkyl carbamates (subject to hydrolysis) is 1. The number of amides is 2. The Bertz CT molecular complexity index is 599. The summed E-state index contributed by atoms with van der Waals surface area (Å²) in [6, 6.07) is 4.98. The van der Waals surface area contributed by atoms with Crippen LogP contribution < -0.4 is 10.6 Å². The Morgan fingerprint density at radius 1 is 1.22 bits per heavy atom. The second kappa shape index (κ2) is 10.3. The molecule has 0 bridgehead atoms. The van der Waals surface area contributed by atoms with E-state index in [0.29, 0.717) is 6.54 Å². The van der Waals surface area contributed by atoms with Gasteiger partial charge < -0.3 is 20.5 Å². The maximum atomic E-state index is 12.6. The fourth-order valence-electron chi connectivity index (χ4n) is 2.55. The number of hydrogen-bond acceptors (Lipinski definition) is 5. The third-order valence-corrected chi connectivity index (χ3v) is 4.13. The molecule has 0 aliphatic rings. The number of aliphatic hydroxyl groups is 1. The molecule has 1 rings (SSSR count). The molecule has 0 spiro atoms. The van der Waals surface area contributed by atoms with Gasteiger partial charge in [-0.2, -0.15) is 0 Å². The number of pyridine rings is 1. The van der Waals surface area contributed by atoms with E-state index in [1.54, 1.807) is 33.9 Å². The van der Waals surface area contributed by atoms with E-state index in [1.165, 1.54) is 0 Å². The summed E-state index contributed by atoms with van der Waals surface area (Å²) in [5.41, 5.74) is 0.162. The highest BCUT2D eigenvalue weighted by Gasteiger charge is 2.29. The van der Waals surface area contributed by atoms with Crippen LogP contribution in [0.25, 0.3) is 0 Å². The first-order valence-corrected chi connectivity index (χ1v) is 9.34. The van der Waals surface area contributed by atoms with Gasteiger partial charge in [-0.1, -0.05) is 19.9 Å². The van der Waals surface area contributed by atoms with Crippen molar-refractivity contribution in [2.75, 3.05) is 0 Å². The Morgan fingerprint density at radius 3 is 2.41 bits per heavy atom. The highest BCUT2D eigenvalue weighted by molar-refractivity contribution is 5.78. The van der Waals surface area contributed by atoms with E-state index in [4.69, 9.17) is 4.74 Å². The predicted molar refractivity (Wildman–Crippen MR) is 104 cm³/mol. The van der Waals surface area contributed by atoms with Crippen LogP contribution >= 0.6 is 0 Å². The summed E-state index contributed by atoms with van der Waals surface area (Å²) in [4.78, 5) is 28.6. The molecule has 27 heavy (non-hydrogen) atoms. The Hall–Kier alpha value is -2.15. The third-order valence-electron chi connectivity index (χ3n) is 4.13. The molecular weight excluding hydrogens is 346 g/mol. The van der Waals surface area contributed by atoms with Crippen LogP contribution in [0.15, 0.2) is 24.4 Å². The molecule has 1 heterocycles. The standard InChI is InChI=1S/C20H33N3O4/c1-13(2)16(18(25)22-12-15-9-7-8-10-21-15)11-17(24)14(3)23-19(26)27-20(4,5)6/h7-10,13-14,16-17,24H,11-12H2,1-6H3,(H,22,25)(H,23,26)/t14-,16-,17-/m0/s1. The molecule has 0 unspecified atom stereocenters. The molecule has 2 amide bonds. The highest BCUT2D eigenvalue weighted by atomic mass is 16.6. The molecule has 1 aromatic heterocycles. The number of carbonyl (C=O) groups excluding carboxylic acids is 2. The number of aliphatic hydroxyl groups excluding tert-OH is 1. The molecule has 152 valence electrons. The van der Waals surface area contributed by atoms with Crippen LogP contribution in [0.5, 0.6) is 0 Å². The van der Waals surface area contributed by atoms with Gasteiger partial charge in [0.05, 0.1) is 24.4 Å². The lowest BCUT2D eigenvalue weighted by Crippen LogP contribution is -2.46. The number of aromatic nitrogens is 1. The molecule has 0 saturated carbocycles. The average molecular weight is 380 g/mol. The first-order chi connectivity index (χ1) is 12.5. The van der Waals surface area contributed by atoms with Gasteiger partial charge in [0.1, 0.15) is 5.60 Å². The number of nitrogens with one attached hydrogen (secondary N) is 2. The Labute approximate surface area is 161 Å². The first kappa shape index (κ1) is 22.9. The maximum absolute atomic E-state index is 12.6. The van der Waals surface area contributed by atoms with Crippen molar-refractivity contribution in [1.29, 1.82) is 0 Å². The fourth-order valence-corrected chi connectivity index (χ4v) is 2.55. The minimum atomic E-state index is -0.870. The topological polar surface area (TPSA) is 101 Å². The van der Waals surface area contributed by atoms with E-state index < -0.39 is 23.8 Å². The van der Waals surface area contributed by atoms with E-state index in [9.17, 15) is 14.7 Å². The quantitative estimate of drug-likeness (QED) is 0.645. The summed E-state index contributed by atoms with van der Waals surface area (Å²) < 4.78 is 5.20. The summed E-state index contributed by atoms with van der Waals surface area (Å²) in [5.74, 6) is -0.483. The van der Waals surface area contributed by atoms with Gasteiger partial charge in [0.2, 0.25) is 5.91 Å². The van der Waals surface area contributed by atoms with Crippen molar-refractivity contribution in [3.63, 3.8) is 0 Å². The van der Waals surface area contributed by atoms with Crippen LogP contribution in [0, 0.1) is 11.8 Å². The first-order valence-electron chi connectivity index (χ1n) is 9.34. The van der Waals surface area contributed by atoms with Gasteiger partial charge in [-0.3, -0.25) is 9.78 Å².